The zero-order valence-corrected chi connectivity index (χ0v) is 18.5. The first-order valence-electron chi connectivity index (χ1n) is 7.84. The summed E-state index contributed by atoms with van der Waals surface area (Å²) < 4.78 is 12.3. The van der Waals surface area contributed by atoms with Crippen molar-refractivity contribution in [3.8, 4) is 11.5 Å². The van der Waals surface area contributed by atoms with Gasteiger partial charge in [0.25, 0.3) is 11.1 Å². The number of hydrogen-bond donors (Lipinski definition) is 0. The Hall–Kier alpha value is -1.77. The summed E-state index contributed by atoms with van der Waals surface area (Å²) in [5.41, 5.74) is 1.56. The van der Waals surface area contributed by atoms with Crippen LogP contribution in [-0.4, -0.2) is 30.3 Å². The van der Waals surface area contributed by atoms with E-state index in [1.54, 1.807) is 32.4 Å². The molecule has 0 aliphatic carbocycles. The van der Waals surface area contributed by atoms with Crippen LogP contribution in [0.1, 0.15) is 11.1 Å². The number of ether oxygens (including phenoxy) is 2. The summed E-state index contributed by atoms with van der Waals surface area (Å²) in [5, 5.41) is -0.291. The summed E-state index contributed by atoms with van der Waals surface area (Å²) in [7, 11) is 3.10. The van der Waals surface area contributed by atoms with Gasteiger partial charge in [0.15, 0.2) is 0 Å². The van der Waals surface area contributed by atoms with E-state index in [0.29, 0.717) is 22.0 Å². The summed E-state index contributed by atoms with van der Waals surface area (Å²) in [4.78, 5) is 26.7. The van der Waals surface area contributed by atoms with E-state index in [0.717, 1.165) is 26.3 Å². The summed E-state index contributed by atoms with van der Waals surface area (Å²) in [6.45, 7) is 0.235. The van der Waals surface area contributed by atoms with Gasteiger partial charge in [-0.1, -0.05) is 28.1 Å². The molecular weight excluding hydrogens is 498 g/mol. The van der Waals surface area contributed by atoms with Gasteiger partial charge in [0, 0.05) is 16.1 Å². The van der Waals surface area contributed by atoms with E-state index in [1.807, 2.05) is 24.3 Å². The van der Waals surface area contributed by atoms with E-state index in [2.05, 4.69) is 31.9 Å². The second kappa shape index (κ2) is 8.50. The maximum Gasteiger partial charge on any atom is 0.293 e. The van der Waals surface area contributed by atoms with Crippen molar-refractivity contribution in [1.29, 1.82) is 0 Å². The number of nitrogens with zero attached hydrogens (tertiary/aromatic N) is 1. The van der Waals surface area contributed by atoms with E-state index in [4.69, 9.17) is 9.47 Å². The van der Waals surface area contributed by atoms with Crippen LogP contribution in [0.2, 0.25) is 0 Å². The average molecular weight is 513 g/mol. The average Bonchev–Trinajstić information content (AvgIpc) is 2.91. The molecule has 2 aromatic rings. The highest BCUT2D eigenvalue weighted by Crippen LogP contribution is 2.38. The highest BCUT2D eigenvalue weighted by molar-refractivity contribution is 9.10. The van der Waals surface area contributed by atoms with Crippen molar-refractivity contribution in [3.05, 3.63) is 61.4 Å². The molecule has 1 aliphatic heterocycles. The van der Waals surface area contributed by atoms with Crippen molar-refractivity contribution in [3.63, 3.8) is 0 Å². The third kappa shape index (κ3) is 4.39. The molecule has 8 heteroatoms. The molecule has 27 heavy (non-hydrogen) atoms. The summed E-state index contributed by atoms with van der Waals surface area (Å²) in [6.07, 6.45) is 1.66. The Morgan fingerprint density at radius 3 is 2.33 bits per heavy atom. The van der Waals surface area contributed by atoms with Crippen molar-refractivity contribution in [2.24, 2.45) is 0 Å². The molecule has 0 unspecified atom stereocenters. The topological polar surface area (TPSA) is 55.8 Å². The molecular formula is C19H15Br2NO4S. The van der Waals surface area contributed by atoms with Crippen molar-refractivity contribution in [2.45, 2.75) is 6.54 Å². The number of hydrogen-bond acceptors (Lipinski definition) is 5. The molecule has 0 radical (unpaired) electrons. The second-order valence-electron chi connectivity index (χ2n) is 5.62. The van der Waals surface area contributed by atoms with Gasteiger partial charge in [0.2, 0.25) is 0 Å². The van der Waals surface area contributed by atoms with E-state index in [1.165, 1.54) is 4.90 Å². The number of carbonyl (C=O) groups is 2. The van der Waals surface area contributed by atoms with E-state index in [9.17, 15) is 9.59 Å². The Bertz CT molecular complexity index is 928. The van der Waals surface area contributed by atoms with Gasteiger partial charge in [-0.05, 0) is 57.5 Å². The van der Waals surface area contributed by atoms with Crippen LogP contribution in [0.15, 0.2) is 50.2 Å². The molecule has 2 aromatic carbocycles. The molecule has 0 saturated carbocycles. The second-order valence-corrected chi connectivity index (χ2v) is 8.39. The first-order chi connectivity index (χ1) is 12.9. The van der Waals surface area contributed by atoms with Gasteiger partial charge < -0.3 is 9.47 Å². The van der Waals surface area contributed by atoms with Crippen molar-refractivity contribution in [1.82, 2.24) is 4.90 Å². The standard InChI is InChI=1S/C19H15Br2NO4S/c1-25-15-9-16(26-2)14(21)7-12(15)8-17-18(23)22(19(24)27-17)10-11-3-5-13(20)6-4-11/h3-9H,10H2,1-2H3/b17-8-. The van der Waals surface area contributed by atoms with Crippen molar-refractivity contribution >= 4 is 60.8 Å². The summed E-state index contributed by atoms with van der Waals surface area (Å²) in [6, 6.07) is 11.0. The Kier molecular flexibility index (Phi) is 6.29. The number of imide groups is 1. The molecule has 2 amide bonds. The van der Waals surface area contributed by atoms with Crippen LogP contribution in [0.25, 0.3) is 6.08 Å². The zero-order valence-electron chi connectivity index (χ0n) is 14.5. The van der Waals surface area contributed by atoms with Gasteiger partial charge in [-0.15, -0.1) is 0 Å². The van der Waals surface area contributed by atoms with E-state index < -0.39 is 0 Å². The first kappa shape index (κ1) is 20.0. The Labute approximate surface area is 178 Å². The number of thioether (sulfide) groups is 1. The molecule has 3 rings (SSSR count). The van der Waals surface area contributed by atoms with Gasteiger partial charge >= 0.3 is 0 Å². The normalized spacial score (nSPS) is 15.6. The molecule has 1 saturated heterocycles. The summed E-state index contributed by atoms with van der Waals surface area (Å²) >= 11 is 7.72. The quantitative estimate of drug-likeness (QED) is 0.497. The van der Waals surface area contributed by atoms with Crippen molar-refractivity contribution in [2.75, 3.05) is 14.2 Å². The molecule has 0 N–H and O–H groups in total. The fraction of sp³-hybridized carbons (Fsp3) is 0.158. The van der Waals surface area contributed by atoms with Gasteiger partial charge in [-0.25, -0.2) is 0 Å². The maximum atomic E-state index is 12.7. The van der Waals surface area contributed by atoms with Crippen LogP contribution in [0, 0.1) is 0 Å². The molecule has 140 valence electrons. The third-order valence-electron chi connectivity index (χ3n) is 3.92. The smallest absolute Gasteiger partial charge is 0.293 e. The zero-order chi connectivity index (χ0) is 19.6. The highest BCUT2D eigenvalue weighted by atomic mass is 79.9. The molecule has 0 atom stereocenters. The Morgan fingerprint density at radius 1 is 1.04 bits per heavy atom. The predicted octanol–water partition coefficient (Wildman–Crippen LogP) is 5.47. The lowest BCUT2D eigenvalue weighted by atomic mass is 10.1. The van der Waals surface area contributed by atoms with Gasteiger partial charge in [0.05, 0.1) is 30.1 Å². The van der Waals surface area contributed by atoms with Crippen LogP contribution in [0.5, 0.6) is 11.5 Å². The lowest BCUT2D eigenvalue weighted by Gasteiger charge is -2.12. The maximum absolute atomic E-state index is 12.7. The van der Waals surface area contributed by atoms with Crippen LogP contribution < -0.4 is 9.47 Å². The largest absolute Gasteiger partial charge is 0.496 e. The van der Waals surface area contributed by atoms with Crippen LogP contribution in [0.4, 0.5) is 4.79 Å². The number of halogens is 2. The third-order valence-corrected chi connectivity index (χ3v) is 5.97. The number of amides is 2. The lowest BCUT2D eigenvalue weighted by molar-refractivity contribution is -0.123. The van der Waals surface area contributed by atoms with Gasteiger partial charge in [-0.3, -0.25) is 14.5 Å². The lowest BCUT2D eigenvalue weighted by Crippen LogP contribution is -2.27. The van der Waals surface area contributed by atoms with Crippen molar-refractivity contribution < 1.29 is 19.1 Å². The number of methoxy groups -OCH3 is 2. The molecule has 1 fully saturated rings. The minimum atomic E-state index is -0.318. The fourth-order valence-corrected chi connectivity index (χ4v) is 4.16. The van der Waals surface area contributed by atoms with E-state index >= 15 is 0 Å². The monoisotopic (exact) mass is 511 g/mol. The number of carbonyl (C=O) groups excluding carboxylic acids is 2. The minimum absolute atomic E-state index is 0.235. The fourth-order valence-electron chi connectivity index (χ4n) is 2.55. The molecule has 0 bridgehead atoms. The molecule has 0 spiro atoms. The molecule has 5 nitrogen and oxygen atoms in total. The van der Waals surface area contributed by atoms with Gasteiger partial charge in [0.1, 0.15) is 11.5 Å². The SMILES string of the molecule is COc1cc(OC)c(/C=C2\SC(=O)N(Cc3ccc(Br)cc3)C2=O)cc1Br. The number of rotatable bonds is 5. The molecule has 1 aliphatic rings. The van der Waals surface area contributed by atoms with Gasteiger partial charge in [-0.2, -0.15) is 0 Å². The highest BCUT2D eigenvalue weighted by Gasteiger charge is 2.35. The molecule has 1 heterocycles. The minimum Gasteiger partial charge on any atom is -0.496 e. The van der Waals surface area contributed by atoms with Crippen LogP contribution in [0.3, 0.4) is 0 Å². The van der Waals surface area contributed by atoms with Crippen LogP contribution >= 0.6 is 43.6 Å². The predicted molar refractivity (Wildman–Crippen MR) is 113 cm³/mol. The Morgan fingerprint density at radius 2 is 1.70 bits per heavy atom. The Balaban J connectivity index is 1.88. The van der Waals surface area contributed by atoms with E-state index in [-0.39, 0.29) is 17.7 Å². The summed E-state index contributed by atoms with van der Waals surface area (Å²) in [5.74, 6) is 0.851. The van der Waals surface area contributed by atoms with Crippen LogP contribution in [-0.2, 0) is 11.3 Å². The number of benzene rings is 2. The molecule has 0 aromatic heterocycles. The first-order valence-corrected chi connectivity index (χ1v) is 10.2.